The lowest BCUT2D eigenvalue weighted by molar-refractivity contribution is -0.113. The molecule has 0 saturated heterocycles. The first-order chi connectivity index (χ1) is 14.0. The molecule has 1 N–H and O–H groups in total. The number of nitrogens with one attached hydrogen (secondary N) is 1. The van der Waals surface area contributed by atoms with E-state index in [-0.39, 0.29) is 11.7 Å². The number of carbonyl (C=O) groups is 1. The quantitative estimate of drug-likeness (QED) is 0.416. The highest BCUT2D eigenvalue weighted by molar-refractivity contribution is 7.99. The van der Waals surface area contributed by atoms with Crippen LogP contribution < -0.4 is 5.32 Å². The number of aromatic nitrogens is 3. The molecule has 2 aromatic carbocycles. The van der Waals surface area contributed by atoms with Crippen molar-refractivity contribution in [1.82, 2.24) is 14.8 Å². The Labute approximate surface area is 188 Å². The van der Waals surface area contributed by atoms with Crippen molar-refractivity contribution in [3.8, 4) is 0 Å². The fraction of sp³-hybridized carbons (Fsp3) is 0.250. The van der Waals surface area contributed by atoms with Gasteiger partial charge in [-0.15, -0.1) is 22.0 Å². The second-order valence-electron chi connectivity index (χ2n) is 6.21. The first kappa shape index (κ1) is 22.0. The lowest BCUT2D eigenvalue weighted by Gasteiger charge is -2.09. The molecular formula is C20H20Cl2N4OS2. The number of hydrogen-bond donors (Lipinski definition) is 1. The number of aryl methyl sites for hydroxylation is 1. The molecule has 0 spiro atoms. The predicted molar refractivity (Wildman–Crippen MR) is 122 cm³/mol. The van der Waals surface area contributed by atoms with E-state index in [2.05, 4.69) is 46.7 Å². The molecule has 3 aromatic rings. The van der Waals surface area contributed by atoms with Crippen molar-refractivity contribution in [3.05, 3.63) is 63.9 Å². The summed E-state index contributed by atoms with van der Waals surface area (Å²) in [6, 6.07) is 13.4. The minimum Gasteiger partial charge on any atom is -0.324 e. The molecule has 0 unspecified atom stereocenters. The Balaban J connectivity index is 1.58. The summed E-state index contributed by atoms with van der Waals surface area (Å²) < 4.78 is 2.04. The summed E-state index contributed by atoms with van der Waals surface area (Å²) in [6.07, 6.45) is 0. The van der Waals surface area contributed by atoms with Crippen LogP contribution in [0.1, 0.15) is 18.3 Å². The second kappa shape index (κ2) is 10.4. The molecule has 0 radical (unpaired) electrons. The van der Waals surface area contributed by atoms with Gasteiger partial charge in [0.05, 0.1) is 22.2 Å². The standard InChI is InChI=1S/C20H20Cl2N4OS2/c1-3-26-18(11-28-15-7-4-13(2)5-8-15)24-25-20(26)29-12-19(27)23-17-9-6-14(21)10-16(17)22/h4-10H,3,11-12H2,1-2H3,(H,23,27). The second-order valence-corrected chi connectivity index (χ2v) is 9.04. The van der Waals surface area contributed by atoms with E-state index in [1.165, 1.54) is 22.2 Å². The Hall–Kier alpha value is -1.67. The third-order valence-corrected chi connectivity index (χ3v) is 6.56. The summed E-state index contributed by atoms with van der Waals surface area (Å²) in [4.78, 5) is 13.5. The zero-order valence-electron chi connectivity index (χ0n) is 16.0. The maximum absolute atomic E-state index is 12.3. The summed E-state index contributed by atoms with van der Waals surface area (Å²) in [5.74, 6) is 1.65. The fourth-order valence-electron chi connectivity index (χ4n) is 2.54. The number of halogens is 2. The van der Waals surface area contributed by atoms with Gasteiger partial charge in [0, 0.05) is 16.5 Å². The number of thioether (sulfide) groups is 2. The number of nitrogens with zero attached hydrogens (tertiary/aromatic N) is 3. The van der Waals surface area contributed by atoms with Crippen LogP contribution in [0.4, 0.5) is 5.69 Å². The Morgan fingerprint density at radius 2 is 1.86 bits per heavy atom. The van der Waals surface area contributed by atoms with E-state index in [9.17, 15) is 4.79 Å². The summed E-state index contributed by atoms with van der Waals surface area (Å²) >= 11 is 15.1. The number of carbonyl (C=O) groups excluding carboxylic acids is 1. The number of anilines is 1. The van der Waals surface area contributed by atoms with E-state index in [1.807, 2.05) is 11.5 Å². The van der Waals surface area contributed by atoms with Gasteiger partial charge >= 0.3 is 0 Å². The minimum atomic E-state index is -0.166. The Kier molecular flexibility index (Phi) is 7.89. The Morgan fingerprint density at radius 1 is 1.10 bits per heavy atom. The largest absolute Gasteiger partial charge is 0.324 e. The highest BCUT2D eigenvalue weighted by Crippen LogP contribution is 2.27. The maximum Gasteiger partial charge on any atom is 0.234 e. The normalized spacial score (nSPS) is 10.9. The van der Waals surface area contributed by atoms with Gasteiger partial charge in [0.25, 0.3) is 0 Å². The molecule has 1 aromatic heterocycles. The van der Waals surface area contributed by atoms with Crippen molar-refractivity contribution < 1.29 is 4.79 Å². The van der Waals surface area contributed by atoms with Gasteiger partial charge in [-0.1, -0.05) is 52.7 Å². The number of amides is 1. The van der Waals surface area contributed by atoms with Gasteiger partial charge in [-0.2, -0.15) is 0 Å². The van der Waals surface area contributed by atoms with Crippen molar-refractivity contribution in [2.45, 2.75) is 36.2 Å². The van der Waals surface area contributed by atoms with Crippen LogP contribution >= 0.6 is 46.7 Å². The van der Waals surface area contributed by atoms with Crippen LogP contribution in [0.5, 0.6) is 0 Å². The van der Waals surface area contributed by atoms with Gasteiger partial charge in [-0.25, -0.2) is 0 Å². The highest BCUT2D eigenvalue weighted by atomic mass is 35.5. The summed E-state index contributed by atoms with van der Waals surface area (Å²) in [7, 11) is 0. The number of benzene rings is 2. The van der Waals surface area contributed by atoms with Gasteiger partial charge in [0.1, 0.15) is 5.82 Å². The van der Waals surface area contributed by atoms with Gasteiger partial charge < -0.3 is 9.88 Å². The number of rotatable bonds is 8. The zero-order valence-corrected chi connectivity index (χ0v) is 19.1. The molecule has 1 amide bonds. The first-order valence-corrected chi connectivity index (χ1v) is 11.7. The molecule has 0 atom stereocenters. The van der Waals surface area contributed by atoms with Crippen molar-refractivity contribution in [2.24, 2.45) is 0 Å². The molecule has 9 heteroatoms. The van der Waals surface area contributed by atoms with E-state index >= 15 is 0 Å². The maximum atomic E-state index is 12.3. The first-order valence-electron chi connectivity index (χ1n) is 8.95. The molecule has 0 aliphatic carbocycles. The van der Waals surface area contributed by atoms with Crippen molar-refractivity contribution in [3.63, 3.8) is 0 Å². The van der Waals surface area contributed by atoms with Crippen LogP contribution in [0.2, 0.25) is 10.0 Å². The SMILES string of the molecule is CCn1c(CSc2ccc(C)cc2)nnc1SCC(=O)Nc1ccc(Cl)cc1Cl. The molecular weight excluding hydrogens is 447 g/mol. The third kappa shape index (κ3) is 6.15. The average Bonchev–Trinajstić information content (AvgIpc) is 3.10. The van der Waals surface area contributed by atoms with Crippen LogP contribution in [0.15, 0.2) is 52.5 Å². The van der Waals surface area contributed by atoms with Gasteiger partial charge in [-0.3, -0.25) is 4.79 Å². The molecule has 0 aliphatic heterocycles. The van der Waals surface area contributed by atoms with Gasteiger partial charge in [0.2, 0.25) is 5.91 Å². The molecule has 152 valence electrons. The smallest absolute Gasteiger partial charge is 0.234 e. The van der Waals surface area contributed by atoms with E-state index in [0.717, 1.165) is 23.3 Å². The van der Waals surface area contributed by atoms with Crippen LogP contribution in [0.3, 0.4) is 0 Å². The van der Waals surface area contributed by atoms with E-state index in [4.69, 9.17) is 23.2 Å². The summed E-state index contributed by atoms with van der Waals surface area (Å²) in [5, 5.41) is 13.0. The minimum absolute atomic E-state index is 0.166. The molecule has 0 aliphatic rings. The number of hydrogen-bond acceptors (Lipinski definition) is 5. The molecule has 1 heterocycles. The predicted octanol–water partition coefficient (Wildman–Crippen LogP) is 5.94. The van der Waals surface area contributed by atoms with Crippen LogP contribution in [-0.4, -0.2) is 26.4 Å². The fourth-order valence-corrected chi connectivity index (χ4v) is 4.65. The lowest BCUT2D eigenvalue weighted by atomic mass is 10.2. The lowest BCUT2D eigenvalue weighted by Crippen LogP contribution is -2.15. The van der Waals surface area contributed by atoms with E-state index in [1.54, 1.807) is 30.0 Å². The van der Waals surface area contributed by atoms with Crippen LogP contribution in [0.25, 0.3) is 0 Å². The molecule has 29 heavy (non-hydrogen) atoms. The van der Waals surface area contributed by atoms with Crippen molar-refractivity contribution in [1.29, 1.82) is 0 Å². The highest BCUT2D eigenvalue weighted by Gasteiger charge is 2.14. The molecule has 0 bridgehead atoms. The van der Waals surface area contributed by atoms with E-state index < -0.39 is 0 Å². The van der Waals surface area contributed by atoms with Crippen molar-refractivity contribution in [2.75, 3.05) is 11.1 Å². The Bertz CT molecular complexity index is 993. The molecule has 5 nitrogen and oxygen atoms in total. The zero-order chi connectivity index (χ0) is 20.8. The monoisotopic (exact) mass is 466 g/mol. The molecule has 3 rings (SSSR count). The van der Waals surface area contributed by atoms with Gasteiger partial charge in [-0.05, 0) is 44.2 Å². The topological polar surface area (TPSA) is 59.8 Å². The van der Waals surface area contributed by atoms with E-state index in [0.29, 0.717) is 15.7 Å². The summed E-state index contributed by atoms with van der Waals surface area (Å²) in [6.45, 7) is 4.85. The Morgan fingerprint density at radius 3 is 2.55 bits per heavy atom. The average molecular weight is 467 g/mol. The van der Waals surface area contributed by atoms with Gasteiger partial charge in [0.15, 0.2) is 5.16 Å². The van der Waals surface area contributed by atoms with Crippen LogP contribution in [-0.2, 0) is 17.1 Å². The van der Waals surface area contributed by atoms with Crippen molar-refractivity contribution >= 4 is 58.3 Å². The molecule has 0 saturated carbocycles. The third-order valence-electron chi connectivity index (χ3n) is 4.04. The molecule has 0 fully saturated rings. The van der Waals surface area contributed by atoms with Crippen LogP contribution in [0, 0.1) is 6.92 Å². The summed E-state index contributed by atoms with van der Waals surface area (Å²) in [5.41, 5.74) is 1.77.